The van der Waals surface area contributed by atoms with Gasteiger partial charge in [0.1, 0.15) is 24.0 Å². The molecular weight excluding hydrogens is 395 g/mol. The molecule has 1 aliphatic heterocycles. The number of ether oxygens (including phenoxy) is 1. The minimum absolute atomic E-state index is 0.114. The van der Waals surface area contributed by atoms with E-state index in [1.807, 2.05) is 6.07 Å². The van der Waals surface area contributed by atoms with Gasteiger partial charge < -0.3 is 15.0 Å². The first-order chi connectivity index (χ1) is 13.9. The lowest BCUT2D eigenvalue weighted by Gasteiger charge is -2.38. The topological polar surface area (TPSA) is 58.6 Å². The highest BCUT2D eigenvalue weighted by Gasteiger charge is 2.25. The summed E-state index contributed by atoms with van der Waals surface area (Å²) in [5.74, 6) is -0.376. The lowest BCUT2D eigenvalue weighted by molar-refractivity contribution is -0.124. The first-order valence-electron chi connectivity index (χ1n) is 9.66. The maximum absolute atomic E-state index is 13.4. The average Bonchev–Trinajstić information content (AvgIpc) is 2.66. The number of ketones is 1. The summed E-state index contributed by atoms with van der Waals surface area (Å²) in [6, 6.07) is 11.6. The Morgan fingerprint density at radius 1 is 1.24 bits per heavy atom. The summed E-state index contributed by atoms with van der Waals surface area (Å²) in [6.07, 6.45) is 2.92. The Bertz CT molecular complexity index is 890. The van der Waals surface area contributed by atoms with Crippen molar-refractivity contribution < 1.29 is 18.7 Å². The second-order valence-electron chi connectivity index (χ2n) is 7.20. The number of amides is 1. The molecule has 1 fully saturated rings. The van der Waals surface area contributed by atoms with Crippen molar-refractivity contribution in [2.75, 3.05) is 23.4 Å². The third-order valence-corrected chi connectivity index (χ3v) is 5.12. The van der Waals surface area contributed by atoms with Gasteiger partial charge in [-0.15, -0.1) is 0 Å². The third-order valence-electron chi connectivity index (χ3n) is 4.82. The third kappa shape index (κ3) is 5.94. The molecule has 0 aliphatic carbocycles. The maximum atomic E-state index is 13.4. The van der Waals surface area contributed by atoms with E-state index in [4.69, 9.17) is 16.3 Å². The van der Waals surface area contributed by atoms with E-state index >= 15 is 0 Å². The molecule has 29 heavy (non-hydrogen) atoms. The summed E-state index contributed by atoms with van der Waals surface area (Å²) in [7, 11) is 0. The van der Waals surface area contributed by atoms with Gasteiger partial charge in [0.2, 0.25) is 5.91 Å². The fraction of sp³-hybridized carbons (Fsp3) is 0.364. The number of carbonyl (C=O) groups is 2. The number of anilines is 2. The van der Waals surface area contributed by atoms with Crippen LogP contribution in [-0.4, -0.2) is 30.9 Å². The van der Waals surface area contributed by atoms with Gasteiger partial charge in [0.05, 0.1) is 23.2 Å². The molecule has 0 radical (unpaired) electrons. The molecule has 7 heteroatoms. The van der Waals surface area contributed by atoms with E-state index in [-0.39, 0.29) is 30.0 Å². The van der Waals surface area contributed by atoms with Crippen LogP contribution in [0.3, 0.4) is 0 Å². The van der Waals surface area contributed by atoms with E-state index in [9.17, 15) is 14.0 Å². The van der Waals surface area contributed by atoms with Crippen LogP contribution in [0.15, 0.2) is 42.5 Å². The number of hydrogen-bond acceptors (Lipinski definition) is 4. The molecule has 0 spiro atoms. The zero-order chi connectivity index (χ0) is 20.8. The van der Waals surface area contributed by atoms with Gasteiger partial charge in [-0.3, -0.25) is 9.59 Å². The van der Waals surface area contributed by atoms with Crippen LogP contribution in [0.2, 0.25) is 5.02 Å². The quantitative estimate of drug-likeness (QED) is 0.654. The van der Waals surface area contributed by atoms with Crippen LogP contribution in [-0.2, 0) is 9.59 Å². The minimum Gasteiger partial charge on any atom is -0.491 e. The molecule has 3 rings (SSSR count). The van der Waals surface area contributed by atoms with E-state index in [1.165, 1.54) is 19.1 Å². The van der Waals surface area contributed by atoms with Crippen LogP contribution in [0.5, 0.6) is 5.75 Å². The summed E-state index contributed by atoms with van der Waals surface area (Å²) in [4.78, 5) is 25.1. The standard InChI is InChI=1S/C22H24ClFN2O3/c1-15(27)11-22(28)25-17-8-9-21(20(23)13-17)26-10-3-2-6-18(26)14-29-19-7-4-5-16(24)12-19/h4-5,7-9,12-13,18H,2-3,6,10-11,14H2,1H3,(H,25,28). The Morgan fingerprint density at radius 3 is 2.79 bits per heavy atom. The molecular formula is C22H24ClFN2O3. The second kappa shape index (κ2) is 9.74. The van der Waals surface area contributed by atoms with Crippen molar-refractivity contribution in [3.8, 4) is 5.75 Å². The summed E-state index contributed by atoms with van der Waals surface area (Å²) in [5, 5.41) is 3.20. The van der Waals surface area contributed by atoms with Crippen LogP contribution < -0.4 is 15.0 Å². The van der Waals surface area contributed by atoms with Gasteiger partial charge in [0, 0.05) is 18.3 Å². The number of nitrogens with one attached hydrogen (secondary N) is 1. The van der Waals surface area contributed by atoms with E-state index in [1.54, 1.807) is 24.3 Å². The number of halogens is 2. The first kappa shape index (κ1) is 21.1. The highest BCUT2D eigenvalue weighted by atomic mass is 35.5. The number of piperidine rings is 1. The van der Waals surface area contributed by atoms with E-state index < -0.39 is 0 Å². The smallest absolute Gasteiger partial charge is 0.231 e. The van der Waals surface area contributed by atoms with Crippen LogP contribution in [0, 0.1) is 5.82 Å². The number of benzene rings is 2. The van der Waals surface area contributed by atoms with Gasteiger partial charge in [0.15, 0.2) is 0 Å². The van der Waals surface area contributed by atoms with Crippen LogP contribution >= 0.6 is 11.6 Å². The molecule has 1 heterocycles. The van der Waals surface area contributed by atoms with Crippen molar-refractivity contribution in [2.24, 2.45) is 0 Å². The number of carbonyl (C=O) groups excluding carboxylic acids is 2. The molecule has 2 aromatic carbocycles. The van der Waals surface area contributed by atoms with Gasteiger partial charge >= 0.3 is 0 Å². The predicted molar refractivity (Wildman–Crippen MR) is 112 cm³/mol. The number of rotatable bonds is 7. The van der Waals surface area contributed by atoms with E-state index in [2.05, 4.69) is 10.2 Å². The Labute approximate surface area is 174 Å². The van der Waals surface area contributed by atoms with Crippen LogP contribution in [0.25, 0.3) is 0 Å². The van der Waals surface area contributed by atoms with Crippen molar-refractivity contribution in [1.29, 1.82) is 0 Å². The molecule has 154 valence electrons. The van der Waals surface area contributed by atoms with E-state index in [0.717, 1.165) is 31.5 Å². The fourth-order valence-corrected chi connectivity index (χ4v) is 3.78. The number of nitrogens with zero attached hydrogens (tertiary/aromatic N) is 1. The maximum Gasteiger partial charge on any atom is 0.231 e. The van der Waals surface area contributed by atoms with Gasteiger partial charge in [-0.2, -0.15) is 0 Å². The predicted octanol–water partition coefficient (Wildman–Crippen LogP) is 4.83. The van der Waals surface area contributed by atoms with E-state index in [0.29, 0.717) is 23.1 Å². The number of hydrogen-bond donors (Lipinski definition) is 1. The highest BCUT2D eigenvalue weighted by Crippen LogP contribution is 2.33. The summed E-state index contributed by atoms with van der Waals surface area (Å²) in [6.45, 7) is 2.64. The molecule has 1 aliphatic rings. The molecule has 2 aromatic rings. The molecule has 0 saturated carbocycles. The van der Waals surface area contributed by atoms with Crippen LogP contribution in [0.4, 0.5) is 15.8 Å². The normalized spacial score (nSPS) is 16.4. The molecule has 5 nitrogen and oxygen atoms in total. The molecule has 0 aromatic heterocycles. The lowest BCUT2D eigenvalue weighted by atomic mass is 10.0. The Hall–Kier alpha value is -2.60. The molecule has 1 unspecified atom stereocenters. The minimum atomic E-state index is -0.361. The van der Waals surface area contributed by atoms with Crippen molar-refractivity contribution in [1.82, 2.24) is 0 Å². The molecule has 1 amide bonds. The van der Waals surface area contributed by atoms with Crippen LogP contribution in [0.1, 0.15) is 32.6 Å². The lowest BCUT2D eigenvalue weighted by Crippen LogP contribution is -2.43. The average molecular weight is 419 g/mol. The highest BCUT2D eigenvalue weighted by molar-refractivity contribution is 6.33. The zero-order valence-electron chi connectivity index (χ0n) is 16.3. The fourth-order valence-electron chi connectivity index (χ4n) is 3.49. The SMILES string of the molecule is CC(=O)CC(=O)Nc1ccc(N2CCCCC2COc2cccc(F)c2)c(Cl)c1. The molecule has 1 atom stereocenters. The van der Waals surface area contributed by atoms with Gasteiger partial charge in [-0.25, -0.2) is 4.39 Å². The van der Waals surface area contributed by atoms with Crippen molar-refractivity contribution >= 4 is 34.7 Å². The molecule has 0 bridgehead atoms. The monoisotopic (exact) mass is 418 g/mol. The van der Waals surface area contributed by atoms with Gasteiger partial charge in [-0.05, 0) is 56.5 Å². The first-order valence-corrected chi connectivity index (χ1v) is 10.0. The zero-order valence-corrected chi connectivity index (χ0v) is 17.0. The van der Waals surface area contributed by atoms with Gasteiger partial charge in [0.25, 0.3) is 0 Å². The number of Topliss-reactive ketones (excluding diaryl/α,β-unsaturated/α-hetero) is 1. The van der Waals surface area contributed by atoms with Crippen molar-refractivity contribution in [3.63, 3.8) is 0 Å². The summed E-state index contributed by atoms with van der Waals surface area (Å²) in [5.41, 5.74) is 1.42. The molecule has 1 N–H and O–H groups in total. The summed E-state index contributed by atoms with van der Waals surface area (Å²) < 4.78 is 19.2. The Kier molecular flexibility index (Phi) is 7.09. The van der Waals surface area contributed by atoms with Crippen molar-refractivity contribution in [3.05, 3.63) is 53.3 Å². The Morgan fingerprint density at radius 2 is 2.07 bits per heavy atom. The largest absolute Gasteiger partial charge is 0.491 e. The summed E-state index contributed by atoms with van der Waals surface area (Å²) >= 11 is 6.50. The Balaban J connectivity index is 1.69. The van der Waals surface area contributed by atoms with Crippen molar-refractivity contribution in [2.45, 2.75) is 38.6 Å². The van der Waals surface area contributed by atoms with Gasteiger partial charge in [-0.1, -0.05) is 17.7 Å². The second-order valence-corrected chi connectivity index (χ2v) is 7.61. The molecule has 1 saturated heterocycles.